The molecule has 0 amide bonds. The summed E-state index contributed by atoms with van der Waals surface area (Å²) >= 11 is 0. The average Bonchev–Trinajstić information content (AvgIpc) is 3.55. The van der Waals surface area contributed by atoms with Gasteiger partial charge in [0.05, 0.1) is 19.3 Å². The monoisotopic (exact) mass is 456 g/mol. The van der Waals surface area contributed by atoms with E-state index in [4.69, 9.17) is 14.6 Å². The maximum absolute atomic E-state index is 13.3. The summed E-state index contributed by atoms with van der Waals surface area (Å²) in [4.78, 5) is 13.3. The Morgan fingerprint density at radius 3 is 2.03 bits per heavy atom. The number of rotatable bonds is 7. The number of carbonyl (C=O) groups is 1. The Hall–Kier alpha value is -3.32. The van der Waals surface area contributed by atoms with E-state index in [1.807, 2.05) is 42.5 Å². The molecule has 1 aliphatic carbocycles. The zero-order chi connectivity index (χ0) is 23.7. The summed E-state index contributed by atoms with van der Waals surface area (Å²) in [5, 5.41) is 8.98. The van der Waals surface area contributed by atoms with Gasteiger partial charge in [-0.3, -0.25) is 4.79 Å². The Kier molecular flexibility index (Phi) is 5.93. The summed E-state index contributed by atoms with van der Waals surface area (Å²) in [6, 6.07) is 21.3. The fourth-order valence-corrected chi connectivity index (χ4v) is 4.77. The number of alkyl halides is 3. The molecule has 1 aliphatic rings. The number of esters is 1. The molecule has 3 aromatic rings. The number of aliphatic hydroxyl groups excluding tert-OH is 1. The SMILES string of the molecule is COC(=O)[C@@]1(c2ccc(C(F)(F)F)cc2)C[C@@]1(c1ccccc1)c1ccc(OCCO)cc1. The number of ether oxygens (including phenoxy) is 2. The summed E-state index contributed by atoms with van der Waals surface area (Å²) in [7, 11) is 1.29. The molecule has 0 unspecified atom stereocenters. The highest BCUT2D eigenvalue weighted by atomic mass is 19.4. The van der Waals surface area contributed by atoms with Crippen LogP contribution in [0.5, 0.6) is 5.75 Å². The van der Waals surface area contributed by atoms with Gasteiger partial charge in [0.15, 0.2) is 0 Å². The molecule has 1 fully saturated rings. The minimum Gasteiger partial charge on any atom is -0.491 e. The molecule has 2 atom stereocenters. The fourth-order valence-electron chi connectivity index (χ4n) is 4.77. The predicted molar refractivity (Wildman–Crippen MR) is 116 cm³/mol. The van der Waals surface area contributed by atoms with Crippen LogP contribution in [0, 0.1) is 0 Å². The number of benzene rings is 3. The largest absolute Gasteiger partial charge is 0.491 e. The number of hydrogen-bond donors (Lipinski definition) is 1. The van der Waals surface area contributed by atoms with Crippen molar-refractivity contribution in [3.8, 4) is 5.75 Å². The molecule has 4 rings (SSSR count). The molecule has 7 heteroatoms. The van der Waals surface area contributed by atoms with Crippen LogP contribution in [0.25, 0.3) is 0 Å². The molecule has 33 heavy (non-hydrogen) atoms. The Bertz CT molecular complexity index is 1110. The molecular formula is C26H23F3O4. The van der Waals surface area contributed by atoms with Gasteiger partial charge in [-0.1, -0.05) is 54.6 Å². The minimum atomic E-state index is -4.47. The summed E-state index contributed by atoms with van der Waals surface area (Å²) in [5.74, 6) is 0.0570. The number of aliphatic hydroxyl groups is 1. The molecular weight excluding hydrogens is 433 g/mol. The molecule has 0 spiro atoms. The first-order valence-electron chi connectivity index (χ1n) is 10.5. The molecule has 0 aromatic heterocycles. The first-order valence-corrected chi connectivity index (χ1v) is 10.5. The van der Waals surface area contributed by atoms with Gasteiger partial charge in [0.25, 0.3) is 0 Å². The Labute approximate surface area is 189 Å². The van der Waals surface area contributed by atoms with E-state index in [1.54, 1.807) is 12.1 Å². The molecule has 0 heterocycles. The van der Waals surface area contributed by atoms with Crippen molar-refractivity contribution in [2.75, 3.05) is 20.3 Å². The van der Waals surface area contributed by atoms with Crippen molar-refractivity contribution in [3.63, 3.8) is 0 Å². The highest BCUT2D eigenvalue weighted by molar-refractivity contribution is 5.93. The van der Waals surface area contributed by atoms with Gasteiger partial charge in [-0.05, 0) is 47.4 Å². The van der Waals surface area contributed by atoms with Crippen molar-refractivity contribution in [2.45, 2.75) is 23.4 Å². The van der Waals surface area contributed by atoms with Crippen LogP contribution in [-0.4, -0.2) is 31.4 Å². The van der Waals surface area contributed by atoms with Gasteiger partial charge in [-0.2, -0.15) is 13.2 Å². The Morgan fingerprint density at radius 2 is 1.48 bits per heavy atom. The van der Waals surface area contributed by atoms with E-state index in [-0.39, 0.29) is 13.2 Å². The van der Waals surface area contributed by atoms with Crippen molar-refractivity contribution in [1.82, 2.24) is 0 Å². The molecule has 4 nitrogen and oxygen atoms in total. The average molecular weight is 456 g/mol. The topological polar surface area (TPSA) is 55.8 Å². The summed E-state index contributed by atoms with van der Waals surface area (Å²) in [5.41, 5.74) is -0.638. The van der Waals surface area contributed by atoms with Crippen molar-refractivity contribution in [1.29, 1.82) is 0 Å². The van der Waals surface area contributed by atoms with Gasteiger partial charge in [-0.15, -0.1) is 0 Å². The molecule has 0 radical (unpaired) electrons. The third-order valence-corrected chi connectivity index (χ3v) is 6.35. The maximum Gasteiger partial charge on any atom is 0.416 e. The number of carbonyl (C=O) groups excluding carboxylic acids is 1. The Morgan fingerprint density at radius 1 is 0.909 bits per heavy atom. The van der Waals surface area contributed by atoms with E-state index in [9.17, 15) is 18.0 Å². The van der Waals surface area contributed by atoms with Gasteiger partial charge < -0.3 is 14.6 Å². The highest BCUT2D eigenvalue weighted by Gasteiger charge is 2.75. The lowest BCUT2D eigenvalue weighted by molar-refractivity contribution is -0.144. The number of halogens is 3. The third-order valence-electron chi connectivity index (χ3n) is 6.35. The van der Waals surface area contributed by atoms with E-state index >= 15 is 0 Å². The first-order chi connectivity index (χ1) is 15.8. The van der Waals surface area contributed by atoms with Crippen molar-refractivity contribution >= 4 is 5.97 Å². The maximum atomic E-state index is 13.3. The Balaban J connectivity index is 1.86. The second-order valence-corrected chi connectivity index (χ2v) is 8.02. The van der Waals surface area contributed by atoms with Crippen LogP contribution in [0.15, 0.2) is 78.9 Å². The van der Waals surface area contributed by atoms with Crippen LogP contribution in [-0.2, 0) is 26.5 Å². The standard InChI is InChI=1S/C26H23F3O4/c1-32-23(31)25(20-7-9-21(10-8-20)26(27,28)29)17-24(25,18-5-3-2-4-6-18)19-11-13-22(14-12-19)33-16-15-30/h2-14,30H,15-17H2,1H3/t24-,25+/m1/s1. The quantitative estimate of drug-likeness (QED) is 0.515. The molecule has 1 N–H and O–H groups in total. The number of hydrogen-bond acceptors (Lipinski definition) is 4. The van der Waals surface area contributed by atoms with Gasteiger partial charge in [0.1, 0.15) is 17.8 Å². The van der Waals surface area contributed by atoms with Gasteiger partial charge in [0.2, 0.25) is 0 Å². The van der Waals surface area contributed by atoms with E-state index < -0.39 is 28.5 Å². The van der Waals surface area contributed by atoms with Crippen LogP contribution in [0.4, 0.5) is 13.2 Å². The van der Waals surface area contributed by atoms with Crippen molar-refractivity contribution in [2.24, 2.45) is 0 Å². The third kappa shape index (κ3) is 3.76. The minimum absolute atomic E-state index is 0.116. The summed E-state index contributed by atoms with van der Waals surface area (Å²) in [6.45, 7) is 0.0376. The zero-order valence-corrected chi connectivity index (χ0v) is 17.9. The van der Waals surface area contributed by atoms with E-state index in [1.165, 1.54) is 19.2 Å². The second kappa shape index (κ2) is 8.56. The molecule has 0 aliphatic heterocycles. The molecule has 0 saturated heterocycles. The highest BCUT2D eigenvalue weighted by Crippen LogP contribution is 2.69. The molecule has 3 aromatic carbocycles. The first kappa shape index (κ1) is 22.9. The van der Waals surface area contributed by atoms with Crippen LogP contribution in [0.2, 0.25) is 0 Å². The van der Waals surface area contributed by atoms with E-state index in [2.05, 4.69) is 0 Å². The summed E-state index contributed by atoms with van der Waals surface area (Å²) < 4.78 is 50.1. The normalized spacial score (nSPS) is 22.0. The van der Waals surface area contributed by atoms with Crippen molar-refractivity contribution < 1.29 is 32.5 Å². The smallest absolute Gasteiger partial charge is 0.416 e. The zero-order valence-electron chi connectivity index (χ0n) is 17.9. The lowest BCUT2D eigenvalue weighted by atomic mass is 9.77. The fraction of sp³-hybridized carbons (Fsp3) is 0.269. The second-order valence-electron chi connectivity index (χ2n) is 8.02. The number of methoxy groups -OCH3 is 1. The van der Waals surface area contributed by atoms with Crippen LogP contribution in [0.1, 0.15) is 28.7 Å². The molecule has 172 valence electrons. The molecule has 0 bridgehead atoms. The predicted octanol–water partition coefficient (Wildman–Crippen LogP) is 4.88. The van der Waals surface area contributed by atoms with Crippen LogP contribution >= 0.6 is 0 Å². The van der Waals surface area contributed by atoms with E-state index in [0.29, 0.717) is 17.7 Å². The van der Waals surface area contributed by atoms with Crippen LogP contribution in [0.3, 0.4) is 0 Å². The van der Waals surface area contributed by atoms with Crippen LogP contribution < -0.4 is 4.74 Å². The van der Waals surface area contributed by atoms with Crippen molar-refractivity contribution in [3.05, 3.63) is 101 Å². The van der Waals surface area contributed by atoms with Gasteiger partial charge in [0, 0.05) is 5.41 Å². The van der Waals surface area contributed by atoms with Gasteiger partial charge in [-0.25, -0.2) is 0 Å². The molecule has 1 saturated carbocycles. The van der Waals surface area contributed by atoms with E-state index in [0.717, 1.165) is 23.3 Å². The van der Waals surface area contributed by atoms with Gasteiger partial charge >= 0.3 is 12.1 Å². The summed E-state index contributed by atoms with van der Waals surface area (Å²) in [6.07, 6.45) is -4.12. The lowest BCUT2D eigenvalue weighted by Crippen LogP contribution is -2.33. The lowest BCUT2D eigenvalue weighted by Gasteiger charge is -2.26.